The highest BCUT2D eigenvalue weighted by atomic mass is 35.5. The zero-order valence-electron chi connectivity index (χ0n) is 16.5. The van der Waals surface area contributed by atoms with Gasteiger partial charge in [-0.3, -0.25) is 9.69 Å². The highest BCUT2D eigenvalue weighted by Crippen LogP contribution is 2.24. The number of nitrogens with zero attached hydrogens (tertiary/aromatic N) is 1. The largest absolute Gasteiger partial charge is 0.349 e. The van der Waals surface area contributed by atoms with Crippen LogP contribution in [0.1, 0.15) is 48.1 Å². The molecule has 0 saturated carbocycles. The molecule has 0 aromatic heterocycles. The molecule has 4 heteroatoms. The SMILES string of the molecule is Cc1ccc(C)c([C@H](C)NC(=O)C2CCN(Cc3ccccc3Cl)CC2)c1. The number of carbonyl (C=O) groups is 1. The second-order valence-electron chi connectivity index (χ2n) is 7.73. The van der Waals surface area contributed by atoms with Crippen molar-refractivity contribution in [2.24, 2.45) is 5.92 Å². The van der Waals surface area contributed by atoms with Crippen LogP contribution in [-0.4, -0.2) is 23.9 Å². The predicted molar refractivity (Wildman–Crippen MR) is 112 cm³/mol. The van der Waals surface area contributed by atoms with Gasteiger partial charge in [0.25, 0.3) is 0 Å². The van der Waals surface area contributed by atoms with E-state index in [0.717, 1.165) is 43.1 Å². The lowest BCUT2D eigenvalue weighted by Gasteiger charge is -2.32. The highest BCUT2D eigenvalue weighted by molar-refractivity contribution is 6.31. The Labute approximate surface area is 167 Å². The first-order valence-corrected chi connectivity index (χ1v) is 10.1. The van der Waals surface area contributed by atoms with Gasteiger partial charge < -0.3 is 5.32 Å². The van der Waals surface area contributed by atoms with E-state index < -0.39 is 0 Å². The number of likely N-dealkylation sites (tertiary alicyclic amines) is 1. The molecule has 1 saturated heterocycles. The lowest BCUT2D eigenvalue weighted by atomic mass is 9.94. The summed E-state index contributed by atoms with van der Waals surface area (Å²) in [5.74, 6) is 0.279. The van der Waals surface area contributed by atoms with Crippen molar-refractivity contribution in [3.05, 3.63) is 69.7 Å². The third-order valence-corrected chi connectivity index (χ3v) is 5.94. The molecular formula is C23H29ClN2O. The van der Waals surface area contributed by atoms with Crippen molar-refractivity contribution < 1.29 is 4.79 Å². The van der Waals surface area contributed by atoms with E-state index in [1.807, 2.05) is 18.2 Å². The smallest absolute Gasteiger partial charge is 0.223 e. The van der Waals surface area contributed by atoms with Crippen molar-refractivity contribution in [3.63, 3.8) is 0 Å². The van der Waals surface area contributed by atoms with E-state index in [2.05, 4.69) is 55.3 Å². The van der Waals surface area contributed by atoms with Crippen molar-refractivity contribution in [1.29, 1.82) is 0 Å². The Morgan fingerprint density at radius 3 is 2.59 bits per heavy atom. The van der Waals surface area contributed by atoms with Gasteiger partial charge in [0.15, 0.2) is 0 Å². The summed E-state index contributed by atoms with van der Waals surface area (Å²) in [6.45, 7) is 8.98. The van der Waals surface area contributed by atoms with Crippen LogP contribution in [0.3, 0.4) is 0 Å². The Kier molecular flexibility index (Phi) is 6.56. The van der Waals surface area contributed by atoms with Gasteiger partial charge >= 0.3 is 0 Å². The van der Waals surface area contributed by atoms with E-state index in [0.29, 0.717) is 0 Å². The number of hydrogen-bond donors (Lipinski definition) is 1. The Balaban J connectivity index is 1.52. The molecule has 3 nitrogen and oxygen atoms in total. The highest BCUT2D eigenvalue weighted by Gasteiger charge is 2.26. The topological polar surface area (TPSA) is 32.3 Å². The van der Waals surface area contributed by atoms with E-state index >= 15 is 0 Å². The minimum absolute atomic E-state index is 0.0403. The number of nitrogens with one attached hydrogen (secondary N) is 1. The number of aryl methyl sites for hydroxylation is 2. The van der Waals surface area contributed by atoms with Gasteiger partial charge in [0.2, 0.25) is 5.91 Å². The molecule has 0 bridgehead atoms. The van der Waals surface area contributed by atoms with E-state index in [9.17, 15) is 4.79 Å². The van der Waals surface area contributed by atoms with Gasteiger partial charge in [0, 0.05) is 17.5 Å². The standard InChI is InChI=1S/C23H29ClN2O/c1-16-8-9-17(2)21(14-16)18(3)25-23(27)19-10-12-26(13-11-19)15-20-6-4-5-7-22(20)24/h4-9,14,18-19H,10-13,15H2,1-3H3,(H,25,27)/t18-/m0/s1. The summed E-state index contributed by atoms with van der Waals surface area (Å²) < 4.78 is 0. The van der Waals surface area contributed by atoms with E-state index in [1.165, 1.54) is 16.7 Å². The fraction of sp³-hybridized carbons (Fsp3) is 0.435. The Morgan fingerprint density at radius 2 is 1.89 bits per heavy atom. The minimum Gasteiger partial charge on any atom is -0.349 e. The van der Waals surface area contributed by atoms with Gasteiger partial charge in [0.1, 0.15) is 0 Å². The van der Waals surface area contributed by atoms with Gasteiger partial charge in [-0.15, -0.1) is 0 Å². The van der Waals surface area contributed by atoms with E-state index in [4.69, 9.17) is 11.6 Å². The third kappa shape index (κ3) is 5.12. The summed E-state index contributed by atoms with van der Waals surface area (Å²) in [4.78, 5) is 15.1. The van der Waals surface area contributed by atoms with Crippen LogP contribution >= 0.6 is 11.6 Å². The van der Waals surface area contributed by atoms with Crippen molar-refractivity contribution in [1.82, 2.24) is 10.2 Å². The zero-order valence-corrected chi connectivity index (χ0v) is 17.2. The molecule has 3 rings (SSSR count). The maximum Gasteiger partial charge on any atom is 0.223 e. The van der Waals surface area contributed by atoms with Crippen LogP contribution in [-0.2, 0) is 11.3 Å². The number of amides is 1. The van der Waals surface area contributed by atoms with Gasteiger partial charge in [-0.1, -0.05) is 53.6 Å². The monoisotopic (exact) mass is 384 g/mol. The van der Waals surface area contributed by atoms with Gasteiger partial charge in [0.05, 0.1) is 6.04 Å². The van der Waals surface area contributed by atoms with Crippen molar-refractivity contribution in [3.8, 4) is 0 Å². The molecular weight excluding hydrogens is 356 g/mol. The number of piperidine rings is 1. The quantitative estimate of drug-likeness (QED) is 0.782. The van der Waals surface area contributed by atoms with Crippen LogP contribution in [0.2, 0.25) is 5.02 Å². The number of carbonyl (C=O) groups excluding carboxylic acids is 1. The number of hydrogen-bond acceptors (Lipinski definition) is 2. The van der Waals surface area contributed by atoms with Gasteiger partial charge in [-0.05, 0) is 69.5 Å². The Bertz CT molecular complexity index is 797. The lowest BCUT2D eigenvalue weighted by molar-refractivity contribution is -0.127. The van der Waals surface area contributed by atoms with Gasteiger partial charge in [-0.2, -0.15) is 0 Å². The maximum atomic E-state index is 12.7. The first-order valence-electron chi connectivity index (χ1n) is 9.77. The molecule has 1 heterocycles. The van der Waals surface area contributed by atoms with Crippen LogP contribution < -0.4 is 5.32 Å². The minimum atomic E-state index is 0.0403. The second-order valence-corrected chi connectivity index (χ2v) is 8.14. The molecule has 144 valence electrons. The summed E-state index contributed by atoms with van der Waals surface area (Å²) in [6, 6.07) is 14.4. The summed E-state index contributed by atoms with van der Waals surface area (Å²) in [7, 11) is 0. The lowest BCUT2D eigenvalue weighted by Crippen LogP contribution is -2.41. The molecule has 1 amide bonds. The summed E-state index contributed by atoms with van der Waals surface area (Å²) in [5, 5.41) is 4.05. The number of benzene rings is 2. The normalized spacial score (nSPS) is 16.9. The summed E-state index contributed by atoms with van der Waals surface area (Å²) >= 11 is 6.27. The molecule has 1 aliphatic heterocycles. The molecule has 0 aliphatic carbocycles. The maximum absolute atomic E-state index is 12.7. The summed E-state index contributed by atoms with van der Waals surface area (Å²) in [5.41, 5.74) is 4.82. The predicted octanol–water partition coefficient (Wildman–Crippen LogP) is 5.05. The summed E-state index contributed by atoms with van der Waals surface area (Å²) in [6.07, 6.45) is 1.80. The zero-order chi connectivity index (χ0) is 19.4. The molecule has 1 fully saturated rings. The van der Waals surface area contributed by atoms with Crippen molar-refractivity contribution in [2.45, 2.75) is 46.2 Å². The Hall–Kier alpha value is -1.84. The van der Waals surface area contributed by atoms with Crippen molar-refractivity contribution in [2.75, 3.05) is 13.1 Å². The molecule has 2 aromatic rings. The molecule has 0 unspecified atom stereocenters. The van der Waals surface area contributed by atoms with Gasteiger partial charge in [-0.25, -0.2) is 0 Å². The fourth-order valence-electron chi connectivity index (χ4n) is 3.86. The number of halogens is 1. The fourth-order valence-corrected chi connectivity index (χ4v) is 4.05. The second kappa shape index (κ2) is 8.90. The number of rotatable bonds is 5. The van der Waals surface area contributed by atoms with Crippen LogP contribution in [0.15, 0.2) is 42.5 Å². The average Bonchev–Trinajstić information content (AvgIpc) is 2.66. The Morgan fingerprint density at radius 1 is 1.19 bits per heavy atom. The van der Waals surface area contributed by atoms with E-state index in [-0.39, 0.29) is 17.9 Å². The van der Waals surface area contributed by atoms with Crippen molar-refractivity contribution >= 4 is 17.5 Å². The first kappa shape index (κ1) is 19.9. The molecule has 27 heavy (non-hydrogen) atoms. The molecule has 2 aromatic carbocycles. The first-order chi connectivity index (χ1) is 12.9. The third-order valence-electron chi connectivity index (χ3n) is 5.57. The van der Waals surface area contributed by atoms with E-state index in [1.54, 1.807) is 0 Å². The van der Waals surface area contributed by atoms with Crippen LogP contribution in [0, 0.1) is 19.8 Å². The molecule has 1 N–H and O–H groups in total. The molecule has 0 radical (unpaired) electrons. The van der Waals surface area contributed by atoms with Crippen LogP contribution in [0.4, 0.5) is 0 Å². The molecule has 0 spiro atoms. The van der Waals surface area contributed by atoms with Crippen LogP contribution in [0.5, 0.6) is 0 Å². The average molecular weight is 385 g/mol. The molecule has 1 atom stereocenters. The molecule has 1 aliphatic rings. The van der Waals surface area contributed by atoms with Crippen LogP contribution in [0.25, 0.3) is 0 Å².